The molecule has 3 rings (SSSR count). The van der Waals surface area contributed by atoms with Gasteiger partial charge in [0.15, 0.2) is 0 Å². The van der Waals surface area contributed by atoms with Crippen molar-refractivity contribution in [3.8, 4) is 5.75 Å². The predicted molar refractivity (Wildman–Crippen MR) is 96.8 cm³/mol. The molecule has 3 aromatic rings. The molecule has 0 bridgehead atoms. The number of nitrogens with two attached hydrogens (primary N) is 1. The van der Waals surface area contributed by atoms with Crippen LogP contribution in [0, 0.1) is 0 Å². The number of anilines is 1. The third-order valence-electron chi connectivity index (χ3n) is 3.83. The fraction of sp³-hybridized carbons (Fsp3) is 0.294. The first kappa shape index (κ1) is 16.7. The quantitative estimate of drug-likeness (QED) is 0.469. The summed E-state index contributed by atoms with van der Waals surface area (Å²) in [6.45, 7) is 0.566. The highest BCUT2D eigenvalue weighted by atomic mass is 35.5. The van der Waals surface area contributed by atoms with Crippen LogP contribution in [0.15, 0.2) is 30.3 Å². The van der Waals surface area contributed by atoms with Crippen molar-refractivity contribution in [2.45, 2.75) is 12.5 Å². The van der Waals surface area contributed by atoms with Gasteiger partial charge in [0.2, 0.25) is 0 Å². The van der Waals surface area contributed by atoms with Gasteiger partial charge in [0, 0.05) is 30.6 Å². The van der Waals surface area contributed by atoms with E-state index in [0.29, 0.717) is 23.6 Å². The zero-order valence-corrected chi connectivity index (χ0v) is 14.0. The Kier molecular flexibility index (Phi) is 4.99. The number of hydrogen-bond acceptors (Lipinski definition) is 6. The molecule has 6 nitrogen and oxygen atoms in total. The molecule has 2 heterocycles. The van der Waals surface area contributed by atoms with Crippen molar-refractivity contribution in [1.29, 1.82) is 0 Å². The zero-order valence-electron chi connectivity index (χ0n) is 13.3. The molecule has 2 aromatic heterocycles. The van der Waals surface area contributed by atoms with Crippen LogP contribution in [0.3, 0.4) is 0 Å². The molecule has 1 aromatic carbocycles. The number of fused-ring (bicyclic) bond motifs is 2. The molecule has 1 unspecified atom stereocenters. The zero-order chi connectivity index (χ0) is 17.1. The summed E-state index contributed by atoms with van der Waals surface area (Å²) in [5, 5.41) is 13.7. The van der Waals surface area contributed by atoms with Gasteiger partial charge in [-0.1, -0.05) is 11.6 Å². The van der Waals surface area contributed by atoms with E-state index in [4.69, 9.17) is 27.2 Å². The van der Waals surface area contributed by atoms with Crippen molar-refractivity contribution in [3.05, 3.63) is 35.5 Å². The molecule has 0 aliphatic heterocycles. The molecule has 0 fully saturated rings. The average molecular weight is 347 g/mol. The Hall–Kier alpha value is -2.15. The normalized spacial score (nSPS) is 12.5. The van der Waals surface area contributed by atoms with Crippen LogP contribution < -0.4 is 15.8 Å². The Morgan fingerprint density at radius 3 is 2.83 bits per heavy atom. The molecular weight excluding hydrogens is 328 g/mol. The highest BCUT2D eigenvalue weighted by Crippen LogP contribution is 2.32. The maximum atomic E-state index is 9.01. The number of ether oxygens (including phenoxy) is 1. The van der Waals surface area contributed by atoms with Gasteiger partial charge in [-0.2, -0.15) is 0 Å². The molecule has 24 heavy (non-hydrogen) atoms. The number of aliphatic hydroxyl groups is 1. The van der Waals surface area contributed by atoms with Gasteiger partial charge in [-0.25, -0.2) is 9.97 Å². The number of nitrogens with one attached hydrogen (secondary N) is 1. The van der Waals surface area contributed by atoms with Gasteiger partial charge in [-0.15, -0.1) is 0 Å². The first-order valence-corrected chi connectivity index (χ1v) is 8.04. The van der Waals surface area contributed by atoms with Gasteiger partial charge in [-0.05, 0) is 30.7 Å². The lowest BCUT2D eigenvalue weighted by atomic mass is 10.1. The first-order chi connectivity index (χ1) is 11.6. The van der Waals surface area contributed by atoms with E-state index in [1.165, 1.54) is 0 Å². The summed E-state index contributed by atoms with van der Waals surface area (Å²) < 4.78 is 5.28. The van der Waals surface area contributed by atoms with Crippen LogP contribution >= 0.6 is 11.6 Å². The van der Waals surface area contributed by atoms with Gasteiger partial charge in [-0.3, -0.25) is 0 Å². The van der Waals surface area contributed by atoms with E-state index in [1.54, 1.807) is 13.2 Å². The summed E-state index contributed by atoms with van der Waals surface area (Å²) in [4.78, 5) is 9.05. The van der Waals surface area contributed by atoms with Gasteiger partial charge < -0.3 is 20.9 Å². The lowest BCUT2D eigenvalue weighted by Gasteiger charge is -2.16. The third kappa shape index (κ3) is 3.36. The summed E-state index contributed by atoms with van der Waals surface area (Å²) in [5.41, 5.74) is 9.04. The Morgan fingerprint density at radius 1 is 1.25 bits per heavy atom. The van der Waals surface area contributed by atoms with Crippen molar-refractivity contribution in [2.75, 3.05) is 25.6 Å². The number of nitrogens with zero attached hydrogens (tertiary/aromatic N) is 2. The molecule has 0 amide bonds. The highest BCUT2D eigenvalue weighted by Gasteiger charge is 2.13. The SMILES string of the molecule is COc1ccc2c(NCC(N)CCO)c3nc(Cl)ccc3nc2c1. The summed E-state index contributed by atoms with van der Waals surface area (Å²) in [6.07, 6.45) is 0.524. The van der Waals surface area contributed by atoms with Crippen molar-refractivity contribution in [3.63, 3.8) is 0 Å². The number of pyridine rings is 2. The molecule has 0 aliphatic carbocycles. The number of rotatable bonds is 6. The number of halogens is 1. The predicted octanol–water partition coefficient (Wildman–Crippen LogP) is 2.57. The van der Waals surface area contributed by atoms with E-state index in [-0.39, 0.29) is 12.6 Å². The summed E-state index contributed by atoms with van der Waals surface area (Å²) in [5.74, 6) is 0.735. The number of hydrogen-bond donors (Lipinski definition) is 3. The fourth-order valence-corrected chi connectivity index (χ4v) is 2.73. The topological polar surface area (TPSA) is 93.3 Å². The second-order valence-corrected chi connectivity index (χ2v) is 5.91. The van der Waals surface area contributed by atoms with Gasteiger partial charge in [0.1, 0.15) is 16.4 Å². The van der Waals surface area contributed by atoms with Crippen LogP contribution in [-0.2, 0) is 0 Å². The molecule has 0 spiro atoms. The minimum Gasteiger partial charge on any atom is -0.497 e. The Morgan fingerprint density at radius 2 is 2.08 bits per heavy atom. The summed E-state index contributed by atoms with van der Waals surface area (Å²) >= 11 is 6.06. The Bertz CT molecular complexity index is 872. The third-order valence-corrected chi connectivity index (χ3v) is 4.04. The average Bonchev–Trinajstić information content (AvgIpc) is 2.58. The van der Waals surface area contributed by atoms with Crippen LogP contribution in [-0.4, -0.2) is 41.4 Å². The van der Waals surface area contributed by atoms with E-state index < -0.39 is 0 Å². The van der Waals surface area contributed by atoms with Crippen molar-refractivity contribution in [2.24, 2.45) is 5.73 Å². The fourth-order valence-electron chi connectivity index (χ4n) is 2.58. The molecule has 4 N–H and O–H groups in total. The van der Waals surface area contributed by atoms with E-state index >= 15 is 0 Å². The first-order valence-electron chi connectivity index (χ1n) is 7.66. The molecule has 0 aliphatic rings. The van der Waals surface area contributed by atoms with E-state index in [2.05, 4.69) is 15.3 Å². The monoisotopic (exact) mass is 346 g/mol. The largest absolute Gasteiger partial charge is 0.497 e. The van der Waals surface area contributed by atoms with E-state index in [9.17, 15) is 0 Å². The number of aromatic nitrogens is 2. The number of aliphatic hydroxyl groups excluding tert-OH is 1. The molecule has 0 saturated carbocycles. The lowest BCUT2D eigenvalue weighted by Crippen LogP contribution is -2.30. The molecule has 0 saturated heterocycles. The Labute approximate surface area is 144 Å². The lowest BCUT2D eigenvalue weighted by molar-refractivity contribution is 0.277. The van der Waals surface area contributed by atoms with Gasteiger partial charge >= 0.3 is 0 Å². The standard InChI is InChI=1S/C17H19ClN4O2/c1-24-11-2-3-12-14(8-11)21-13-4-5-15(18)22-17(13)16(12)20-9-10(19)6-7-23/h2-5,8,10,23H,6-7,9,19H2,1H3,(H,20,21). The maximum absolute atomic E-state index is 9.01. The van der Waals surface area contributed by atoms with Crippen LogP contribution in [0.1, 0.15) is 6.42 Å². The smallest absolute Gasteiger partial charge is 0.130 e. The van der Waals surface area contributed by atoms with Gasteiger partial charge in [0.25, 0.3) is 0 Å². The molecular formula is C17H19ClN4O2. The van der Waals surface area contributed by atoms with Crippen LogP contribution in [0.4, 0.5) is 5.69 Å². The van der Waals surface area contributed by atoms with Crippen LogP contribution in [0.5, 0.6) is 5.75 Å². The Balaban J connectivity index is 2.14. The minimum atomic E-state index is -0.161. The second kappa shape index (κ2) is 7.17. The minimum absolute atomic E-state index is 0.0575. The van der Waals surface area contributed by atoms with Gasteiger partial charge in [0.05, 0.1) is 23.8 Å². The van der Waals surface area contributed by atoms with Crippen LogP contribution in [0.25, 0.3) is 21.9 Å². The van der Waals surface area contributed by atoms with E-state index in [0.717, 1.165) is 27.9 Å². The molecule has 1 atom stereocenters. The number of methoxy groups -OCH3 is 1. The second-order valence-electron chi connectivity index (χ2n) is 5.52. The molecule has 0 radical (unpaired) electrons. The maximum Gasteiger partial charge on any atom is 0.130 e. The summed E-state index contributed by atoms with van der Waals surface area (Å²) in [7, 11) is 1.62. The number of benzene rings is 1. The summed E-state index contributed by atoms with van der Waals surface area (Å²) in [6, 6.07) is 9.07. The van der Waals surface area contributed by atoms with Crippen molar-refractivity contribution in [1.82, 2.24) is 9.97 Å². The molecule has 126 valence electrons. The van der Waals surface area contributed by atoms with Crippen molar-refractivity contribution < 1.29 is 9.84 Å². The molecule has 7 heteroatoms. The van der Waals surface area contributed by atoms with Crippen LogP contribution in [0.2, 0.25) is 5.15 Å². The highest BCUT2D eigenvalue weighted by molar-refractivity contribution is 6.30. The van der Waals surface area contributed by atoms with E-state index in [1.807, 2.05) is 24.3 Å². The van der Waals surface area contributed by atoms with Crippen molar-refractivity contribution >= 4 is 39.2 Å².